The van der Waals surface area contributed by atoms with Crippen LogP contribution in [0.4, 0.5) is 0 Å². The van der Waals surface area contributed by atoms with Crippen LogP contribution in [0.25, 0.3) is 10.9 Å². The van der Waals surface area contributed by atoms with Crippen molar-refractivity contribution in [3.05, 3.63) is 29.5 Å². The number of likely N-dealkylation sites (N-methyl/N-ethyl adjacent to an activating group) is 1. The van der Waals surface area contributed by atoms with Gasteiger partial charge in [-0.3, -0.25) is 9.58 Å². The predicted molar refractivity (Wildman–Crippen MR) is 89.6 cm³/mol. The summed E-state index contributed by atoms with van der Waals surface area (Å²) in [6.07, 6.45) is 4.11. The maximum absolute atomic E-state index is 4.75. The molecular formula is C16H25N3S. The maximum atomic E-state index is 4.75. The van der Waals surface area contributed by atoms with E-state index in [0.29, 0.717) is 0 Å². The maximum Gasteiger partial charge on any atom is 0.0805 e. The molecule has 2 rings (SSSR count). The third-order valence-corrected chi connectivity index (χ3v) is 4.68. The van der Waals surface area contributed by atoms with Crippen LogP contribution in [0.2, 0.25) is 0 Å². The zero-order valence-corrected chi connectivity index (χ0v) is 14.0. The number of hydrogen-bond donors (Lipinski definition) is 1. The number of fused-ring (bicyclic) bond motifs is 1. The van der Waals surface area contributed by atoms with Gasteiger partial charge in [0, 0.05) is 5.39 Å². The van der Waals surface area contributed by atoms with Crippen LogP contribution in [0.1, 0.15) is 31.9 Å². The van der Waals surface area contributed by atoms with Crippen LogP contribution in [0.15, 0.2) is 18.3 Å². The summed E-state index contributed by atoms with van der Waals surface area (Å²) >= 11 is 4.75. The number of rotatable bonds is 5. The van der Waals surface area contributed by atoms with Crippen LogP contribution in [0, 0.1) is 0 Å². The van der Waals surface area contributed by atoms with Crippen molar-refractivity contribution in [3.63, 3.8) is 0 Å². The first-order valence-corrected chi connectivity index (χ1v) is 7.71. The molecule has 1 heterocycles. The van der Waals surface area contributed by atoms with E-state index in [2.05, 4.69) is 47.6 Å². The summed E-state index contributed by atoms with van der Waals surface area (Å²) in [5.41, 5.74) is 4.06. The normalized spacial score (nSPS) is 14.9. The van der Waals surface area contributed by atoms with E-state index in [1.807, 2.05) is 20.3 Å². The Kier molecular flexibility index (Phi) is 4.45. The number of aryl methyl sites for hydroxylation is 2. The highest BCUT2D eigenvalue weighted by atomic mass is 32.1. The molecule has 0 aliphatic rings. The minimum Gasteiger partial charge on any atom is -0.294 e. The lowest BCUT2D eigenvalue weighted by molar-refractivity contribution is 0.246. The minimum absolute atomic E-state index is 0.214. The molecule has 1 atom stereocenters. The number of aromatic nitrogens is 2. The van der Waals surface area contributed by atoms with Gasteiger partial charge in [0.2, 0.25) is 0 Å². The number of thiol groups is 1. The van der Waals surface area contributed by atoms with E-state index < -0.39 is 0 Å². The molecule has 3 nitrogen and oxygen atoms in total. The number of hydrogen-bond acceptors (Lipinski definition) is 3. The first-order valence-electron chi connectivity index (χ1n) is 7.26. The number of benzene rings is 1. The van der Waals surface area contributed by atoms with Crippen molar-refractivity contribution >= 4 is 23.5 Å². The molecule has 0 bridgehead atoms. The molecule has 4 heteroatoms. The first kappa shape index (κ1) is 15.4. The Morgan fingerprint density at radius 2 is 1.80 bits per heavy atom. The molecule has 0 radical (unpaired) electrons. The Bertz CT molecular complexity index is 599. The Labute approximate surface area is 127 Å². The Morgan fingerprint density at radius 1 is 1.20 bits per heavy atom. The van der Waals surface area contributed by atoms with Crippen molar-refractivity contribution in [2.75, 3.05) is 14.1 Å². The lowest BCUT2D eigenvalue weighted by Gasteiger charge is -2.31. The van der Waals surface area contributed by atoms with Crippen LogP contribution in [0.5, 0.6) is 0 Å². The van der Waals surface area contributed by atoms with Gasteiger partial charge in [0.05, 0.1) is 23.1 Å². The molecule has 0 spiro atoms. The second kappa shape index (κ2) is 5.78. The molecule has 0 fully saturated rings. The van der Waals surface area contributed by atoms with E-state index >= 15 is 0 Å². The van der Waals surface area contributed by atoms with Gasteiger partial charge in [0.1, 0.15) is 0 Å². The first-order chi connectivity index (χ1) is 9.39. The summed E-state index contributed by atoms with van der Waals surface area (Å²) < 4.78 is 2.07. The van der Waals surface area contributed by atoms with E-state index in [9.17, 15) is 0 Å². The van der Waals surface area contributed by atoms with E-state index in [1.165, 1.54) is 22.0 Å². The second-order valence-corrected chi connectivity index (χ2v) is 6.76. The smallest absolute Gasteiger partial charge is 0.0805 e. The molecule has 0 saturated heterocycles. The SMILES string of the molecule is CCc1cc2cnn(CC(C)(S)N(C)C)c2cc1CC. The average Bonchev–Trinajstić information content (AvgIpc) is 2.78. The molecule has 1 aromatic carbocycles. The van der Waals surface area contributed by atoms with Crippen LogP contribution in [0.3, 0.4) is 0 Å². The van der Waals surface area contributed by atoms with Gasteiger partial charge in [-0.05, 0) is 57.1 Å². The molecule has 0 saturated carbocycles. The van der Waals surface area contributed by atoms with E-state index in [1.54, 1.807) is 0 Å². The van der Waals surface area contributed by atoms with Crippen molar-refractivity contribution in [2.24, 2.45) is 0 Å². The molecule has 0 N–H and O–H groups in total. The van der Waals surface area contributed by atoms with Crippen LogP contribution < -0.4 is 0 Å². The topological polar surface area (TPSA) is 21.1 Å². The van der Waals surface area contributed by atoms with E-state index in [0.717, 1.165) is 19.4 Å². The molecule has 1 unspecified atom stereocenters. The third kappa shape index (κ3) is 2.86. The van der Waals surface area contributed by atoms with E-state index in [-0.39, 0.29) is 4.87 Å². The third-order valence-electron chi connectivity index (χ3n) is 4.14. The summed E-state index contributed by atoms with van der Waals surface area (Å²) in [4.78, 5) is 1.90. The lowest BCUT2D eigenvalue weighted by atomic mass is 10.0. The van der Waals surface area contributed by atoms with Gasteiger partial charge in [-0.15, -0.1) is 0 Å². The van der Waals surface area contributed by atoms with Crippen molar-refractivity contribution < 1.29 is 0 Å². The van der Waals surface area contributed by atoms with Gasteiger partial charge < -0.3 is 0 Å². The second-order valence-electron chi connectivity index (χ2n) is 5.80. The van der Waals surface area contributed by atoms with Gasteiger partial charge in [-0.2, -0.15) is 17.7 Å². The fraction of sp³-hybridized carbons (Fsp3) is 0.562. The molecule has 0 aliphatic heterocycles. The zero-order valence-electron chi connectivity index (χ0n) is 13.1. The van der Waals surface area contributed by atoms with E-state index in [4.69, 9.17) is 12.6 Å². The number of nitrogens with zero attached hydrogens (tertiary/aromatic N) is 3. The van der Waals surface area contributed by atoms with Crippen molar-refractivity contribution in [3.8, 4) is 0 Å². The van der Waals surface area contributed by atoms with Gasteiger partial charge in [0.15, 0.2) is 0 Å². The molecular weight excluding hydrogens is 266 g/mol. The summed E-state index contributed by atoms with van der Waals surface area (Å²) in [5.74, 6) is 0. The Balaban J connectivity index is 2.46. The molecule has 1 aromatic heterocycles. The standard InChI is InChI=1S/C16H25N3S/c1-6-12-8-14-10-17-19(11-16(3,20)18(4)5)15(14)9-13(12)7-2/h8-10,20H,6-7,11H2,1-5H3. The fourth-order valence-corrected chi connectivity index (χ4v) is 2.56. The van der Waals surface area contributed by atoms with Crippen molar-refractivity contribution in [2.45, 2.75) is 45.0 Å². The summed E-state index contributed by atoms with van der Waals surface area (Å²) in [6.45, 7) is 7.30. The largest absolute Gasteiger partial charge is 0.294 e. The lowest BCUT2D eigenvalue weighted by Crippen LogP contribution is -2.40. The van der Waals surface area contributed by atoms with Crippen LogP contribution in [-0.4, -0.2) is 33.6 Å². The van der Waals surface area contributed by atoms with Crippen molar-refractivity contribution in [1.29, 1.82) is 0 Å². The molecule has 0 aliphatic carbocycles. The molecule has 2 aromatic rings. The Hall–Kier alpha value is -1.00. The monoisotopic (exact) mass is 291 g/mol. The molecule has 20 heavy (non-hydrogen) atoms. The molecule has 110 valence electrons. The van der Waals surface area contributed by atoms with Gasteiger partial charge in [0.25, 0.3) is 0 Å². The predicted octanol–water partition coefficient (Wildman–Crippen LogP) is 3.37. The van der Waals surface area contributed by atoms with Gasteiger partial charge in [-0.25, -0.2) is 0 Å². The summed E-state index contributed by atoms with van der Waals surface area (Å²) in [6, 6.07) is 4.57. The van der Waals surface area contributed by atoms with Crippen LogP contribution in [-0.2, 0) is 19.4 Å². The summed E-state index contributed by atoms with van der Waals surface area (Å²) in [7, 11) is 4.09. The van der Waals surface area contributed by atoms with Crippen molar-refractivity contribution in [1.82, 2.24) is 14.7 Å². The fourth-order valence-electron chi connectivity index (χ4n) is 2.43. The minimum atomic E-state index is -0.214. The van der Waals surface area contributed by atoms with Gasteiger partial charge in [-0.1, -0.05) is 13.8 Å². The average molecular weight is 291 g/mol. The highest BCUT2D eigenvalue weighted by molar-refractivity contribution is 7.81. The highest BCUT2D eigenvalue weighted by Gasteiger charge is 2.23. The Morgan fingerprint density at radius 3 is 2.35 bits per heavy atom. The molecule has 0 amide bonds. The zero-order chi connectivity index (χ0) is 14.9. The van der Waals surface area contributed by atoms with Crippen LogP contribution >= 0.6 is 12.6 Å². The quantitative estimate of drug-likeness (QED) is 0.673. The van der Waals surface area contributed by atoms with Gasteiger partial charge >= 0.3 is 0 Å². The summed E-state index contributed by atoms with van der Waals surface area (Å²) in [5, 5.41) is 5.78. The highest BCUT2D eigenvalue weighted by Crippen LogP contribution is 2.25.